The number of aryl methyl sites for hydroxylation is 4. The van der Waals surface area contributed by atoms with E-state index < -0.39 is 0 Å². The summed E-state index contributed by atoms with van der Waals surface area (Å²) in [6.07, 6.45) is 1.86. The van der Waals surface area contributed by atoms with Gasteiger partial charge < -0.3 is 34.9 Å². The molecule has 0 radical (unpaired) electrons. The molecule has 9 aromatic carbocycles. The molecule has 8 heterocycles. The van der Waals surface area contributed by atoms with Gasteiger partial charge in [0.25, 0.3) is 0 Å². The van der Waals surface area contributed by atoms with Gasteiger partial charge in [0, 0.05) is 22.9 Å². The Morgan fingerprint density at radius 1 is 0.235 bits per heavy atom. The summed E-state index contributed by atoms with van der Waals surface area (Å²) in [5, 5.41) is 0. The van der Waals surface area contributed by atoms with Crippen molar-refractivity contribution in [1.29, 1.82) is 0 Å². The fourth-order valence-corrected chi connectivity index (χ4v) is 11.5. The van der Waals surface area contributed by atoms with E-state index in [0.29, 0.717) is 0 Å². The van der Waals surface area contributed by atoms with Crippen molar-refractivity contribution < 1.29 is 0 Å². The van der Waals surface area contributed by atoms with E-state index in [1.54, 1.807) is 0 Å². The van der Waals surface area contributed by atoms with Gasteiger partial charge in [0.05, 0.1) is 77.2 Å². The Morgan fingerprint density at radius 2 is 0.565 bits per heavy atom. The normalized spacial score (nSPS) is 11.8. The fraction of sp³-hybridized carbons (Fsp3) is 0.0571. The van der Waals surface area contributed by atoms with E-state index >= 15 is 0 Å². The third kappa shape index (κ3) is 9.21. The predicted molar refractivity (Wildman–Crippen MR) is 341 cm³/mol. The van der Waals surface area contributed by atoms with Crippen LogP contribution in [0.4, 0.5) is 0 Å². The van der Waals surface area contributed by atoms with Crippen LogP contribution < -0.4 is 0 Å². The number of nitrogens with zero attached hydrogens (tertiary/aromatic N) is 8. The van der Waals surface area contributed by atoms with Crippen molar-refractivity contribution in [2.75, 3.05) is 0 Å². The van der Waals surface area contributed by atoms with Crippen molar-refractivity contribution in [3.8, 4) is 90.2 Å². The first kappa shape index (κ1) is 49.3. The number of rotatable bonds is 8. The van der Waals surface area contributed by atoms with Gasteiger partial charge in [-0.15, -0.1) is 0 Å². The third-order valence-electron chi connectivity index (χ3n) is 15.8. The van der Waals surface area contributed by atoms with Crippen LogP contribution in [0.5, 0.6) is 0 Å². The van der Waals surface area contributed by atoms with Gasteiger partial charge in [-0.05, 0) is 175 Å². The zero-order chi connectivity index (χ0) is 56.9. The molecule has 0 aliphatic carbocycles. The smallest absolute Gasteiger partial charge is 0.157 e. The molecule has 0 saturated heterocycles. The molecule has 8 aromatic heterocycles. The van der Waals surface area contributed by atoms with Gasteiger partial charge in [-0.3, -0.25) is 4.98 Å². The van der Waals surface area contributed by atoms with Crippen LogP contribution in [0, 0.1) is 27.7 Å². The number of hydrogen-bond donors (Lipinski definition) is 7. The second-order valence-electron chi connectivity index (χ2n) is 21.8. The molecule has 0 saturated carbocycles. The predicted octanol–water partition coefficient (Wildman–Crippen LogP) is 16.5. The highest BCUT2D eigenvalue weighted by atomic mass is 15.0. The zero-order valence-corrected chi connectivity index (χ0v) is 46.6. The molecule has 0 spiro atoms. The summed E-state index contributed by atoms with van der Waals surface area (Å²) in [6, 6.07) is 65.1. The Morgan fingerprint density at radius 3 is 1.01 bits per heavy atom. The molecule has 406 valence electrons. The molecule has 17 rings (SSSR count). The topological polar surface area (TPSA) is 214 Å². The van der Waals surface area contributed by atoms with Gasteiger partial charge in [0.2, 0.25) is 0 Å². The summed E-state index contributed by atoms with van der Waals surface area (Å²) in [6.45, 7) is 7.95. The SMILES string of the molecule is Cc1ccc(-c2nc3cc(-c4ccc5nc(-c6ccc(-c7nc8cc(-c9ccc%10nc(C)[nH]c%10c9)ccc8[nH]7)cc6)[nH]c5c4)ccc3[nH]2)nc1.Cc1nc2ccc(-c3cccc(-c4nc5ccc(-c6ccc7nc(C)[nH]c7c6)cc5[nH]4)c3)cc2[nH]1. The number of H-pyrrole nitrogens is 7. The Balaban J connectivity index is 0.000000147. The number of aromatic nitrogens is 15. The van der Waals surface area contributed by atoms with E-state index in [9.17, 15) is 0 Å². The summed E-state index contributed by atoms with van der Waals surface area (Å²) < 4.78 is 0. The van der Waals surface area contributed by atoms with Crippen LogP contribution in [0.2, 0.25) is 0 Å². The van der Waals surface area contributed by atoms with Crippen LogP contribution in [-0.4, -0.2) is 74.8 Å². The van der Waals surface area contributed by atoms with Gasteiger partial charge in [0.15, 0.2) is 5.82 Å². The molecule has 0 amide bonds. The number of pyridine rings is 1. The molecule has 0 aliphatic rings. The van der Waals surface area contributed by atoms with Gasteiger partial charge in [-0.2, -0.15) is 0 Å². The van der Waals surface area contributed by atoms with Crippen molar-refractivity contribution in [1.82, 2.24) is 74.8 Å². The lowest BCUT2D eigenvalue weighted by molar-refractivity contribution is 1.17. The van der Waals surface area contributed by atoms with E-state index in [0.717, 1.165) is 190 Å². The summed E-state index contributed by atoms with van der Waals surface area (Å²) in [7, 11) is 0. The monoisotopic (exact) mass is 1100 g/mol. The number of aromatic amines is 7. The molecule has 0 fully saturated rings. The van der Waals surface area contributed by atoms with Crippen LogP contribution in [0.25, 0.3) is 167 Å². The van der Waals surface area contributed by atoms with Gasteiger partial charge in [0.1, 0.15) is 40.6 Å². The first-order valence-corrected chi connectivity index (χ1v) is 28.1. The molecule has 15 nitrogen and oxygen atoms in total. The van der Waals surface area contributed by atoms with Crippen molar-refractivity contribution >= 4 is 77.2 Å². The highest BCUT2D eigenvalue weighted by molar-refractivity contribution is 5.92. The van der Waals surface area contributed by atoms with E-state index in [4.69, 9.17) is 19.9 Å². The lowest BCUT2D eigenvalue weighted by atomic mass is 10.0. The van der Waals surface area contributed by atoms with Gasteiger partial charge in [-0.25, -0.2) is 34.9 Å². The standard InChI is InChI=1S/C41H29N9.C29H22N6/c1-22-3-12-34(42-21-22)41-47-33-16-11-29(20-38(33)50-41)28-10-15-32-37(19-28)49-40(46-32)25-6-4-24(5-7-25)39-45-31-14-9-27(18-36(31)48-39)26-8-13-30-35(17-26)44-23(2)43-30;1-16-30-23-9-6-19(13-26(23)32-16)18-4-3-5-22(12-18)29-34-25-11-8-21(15-28(25)35-29)20-7-10-24-27(14-20)33-17(2)31-24/h3-21H,1-2H3,(H,43,44)(H,45,48)(H,46,49)(H,47,50);3-15H,1-2H3,(H,30,32)(H,31,33)(H,34,35). The fourth-order valence-electron chi connectivity index (χ4n) is 11.5. The molecule has 0 aliphatic heterocycles. The van der Waals surface area contributed by atoms with E-state index in [1.165, 1.54) is 0 Å². The molecule has 0 atom stereocenters. The lowest BCUT2D eigenvalue weighted by Gasteiger charge is -2.04. The van der Waals surface area contributed by atoms with Crippen LogP contribution in [-0.2, 0) is 0 Å². The summed E-state index contributed by atoms with van der Waals surface area (Å²) in [5.41, 5.74) is 27.7. The first-order valence-electron chi connectivity index (χ1n) is 28.1. The Bertz CT molecular complexity index is 5430. The molecule has 15 heteroatoms. The Kier molecular flexibility index (Phi) is 11.3. The van der Waals surface area contributed by atoms with Crippen LogP contribution in [0.15, 0.2) is 194 Å². The zero-order valence-electron chi connectivity index (χ0n) is 46.6. The van der Waals surface area contributed by atoms with Crippen molar-refractivity contribution in [2.24, 2.45) is 0 Å². The van der Waals surface area contributed by atoms with E-state index in [2.05, 4.69) is 231 Å². The second-order valence-corrected chi connectivity index (χ2v) is 21.8. The summed E-state index contributed by atoms with van der Waals surface area (Å²) in [4.78, 5) is 61.5. The average Bonchev–Trinajstić information content (AvgIpc) is 3.89. The van der Waals surface area contributed by atoms with E-state index in [-0.39, 0.29) is 0 Å². The van der Waals surface area contributed by atoms with Gasteiger partial charge in [-0.1, -0.05) is 91.0 Å². The minimum absolute atomic E-state index is 0.765. The lowest BCUT2D eigenvalue weighted by Crippen LogP contribution is -1.85. The van der Waals surface area contributed by atoms with Crippen molar-refractivity contribution in [3.05, 3.63) is 217 Å². The molecular weight excluding hydrogens is 1050 g/mol. The summed E-state index contributed by atoms with van der Waals surface area (Å²) in [5.74, 6) is 6.03. The largest absolute Gasteiger partial charge is 0.342 e. The summed E-state index contributed by atoms with van der Waals surface area (Å²) >= 11 is 0. The molecular formula is C70H51N15. The number of imidazole rings is 7. The molecule has 85 heavy (non-hydrogen) atoms. The maximum Gasteiger partial charge on any atom is 0.157 e. The maximum atomic E-state index is 4.94. The third-order valence-corrected chi connectivity index (χ3v) is 15.8. The minimum atomic E-state index is 0.765. The van der Waals surface area contributed by atoms with Crippen molar-refractivity contribution in [2.45, 2.75) is 27.7 Å². The maximum absolute atomic E-state index is 4.94. The number of hydrogen-bond acceptors (Lipinski definition) is 8. The second kappa shape index (κ2) is 19.6. The van der Waals surface area contributed by atoms with E-state index in [1.807, 2.05) is 46.0 Å². The minimum Gasteiger partial charge on any atom is -0.342 e. The van der Waals surface area contributed by atoms with Crippen LogP contribution in [0.3, 0.4) is 0 Å². The highest BCUT2D eigenvalue weighted by Gasteiger charge is 2.15. The quantitative estimate of drug-likeness (QED) is 0.0775. The van der Waals surface area contributed by atoms with Crippen LogP contribution >= 0.6 is 0 Å². The average molecular weight is 1100 g/mol. The number of nitrogens with one attached hydrogen (secondary N) is 7. The molecule has 0 unspecified atom stereocenters. The Labute approximate surface area is 484 Å². The van der Waals surface area contributed by atoms with Crippen LogP contribution in [0.1, 0.15) is 23.0 Å². The highest BCUT2D eigenvalue weighted by Crippen LogP contribution is 2.34. The van der Waals surface area contributed by atoms with Crippen molar-refractivity contribution in [3.63, 3.8) is 0 Å². The molecule has 0 bridgehead atoms. The number of fused-ring (bicyclic) bond motifs is 7. The Hall–Kier alpha value is -11.6. The number of benzene rings is 9. The van der Waals surface area contributed by atoms with Gasteiger partial charge >= 0.3 is 0 Å². The molecule has 17 aromatic rings. The first-order chi connectivity index (χ1) is 41.6. The molecule has 7 N–H and O–H groups in total.